The van der Waals surface area contributed by atoms with Crippen LogP contribution in [0.3, 0.4) is 0 Å². The monoisotopic (exact) mass is 424 g/mol. The van der Waals surface area contributed by atoms with E-state index in [1.165, 1.54) is 12.7 Å². The van der Waals surface area contributed by atoms with Crippen molar-refractivity contribution in [3.63, 3.8) is 0 Å². The molecule has 0 spiro atoms. The molecule has 0 N–H and O–H groups in total. The topological polar surface area (TPSA) is 55.6 Å². The van der Waals surface area contributed by atoms with Crippen LogP contribution >= 0.6 is 12.4 Å². The molecule has 3 fully saturated rings. The van der Waals surface area contributed by atoms with Gasteiger partial charge in [-0.25, -0.2) is 4.79 Å². The van der Waals surface area contributed by atoms with Crippen LogP contribution in [0.2, 0.25) is 0 Å². The van der Waals surface area contributed by atoms with Gasteiger partial charge in [-0.3, -0.25) is 9.88 Å². The number of esters is 1. The highest BCUT2D eigenvalue weighted by atomic mass is 35.5. The third-order valence-corrected chi connectivity index (χ3v) is 6.45. The molecule has 5 heterocycles. The van der Waals surface area contributed by atoms with Gasteiger partial charge in [0.15, 0.2) is 0 Å². The minimum atomic E-state index is -0.427. The predicted molar refractivity (Wildman–Crippen MR) is 118 cm³/mol. The van der Waals surface area contributed by atoms with Crippen LogP contribution in [0.15, 0.2) is 72.0 Å². The molecule has 5 unspecified atom stereocenters. The number of para-hydroxylation sites is 1. The van der Waals surface area contributed by atoms with E-state index in [2.05, 4.69) is 22.5 Å². The second-order valence-corrected chi connectivity index (χ2v) is 7.97. The fourth-order valence-corrected chi connectivity index (χ4v) is 4.98. The van der Waals surface area contributed by atoms with Gasteiger partial charge < -0.3 is 9.15 Å². The molecule has 0 saturated carbocycles. The van der Waals surface area contributed by atoms with Gasteiger partial charge in [-0.2, -0.15) is 0 Å². The summed E-state index contributed by atoms with van der Waals surface area (Å²) < 4.78 is 11.4. The van der Waals surface area contributed by atoms with Crippen LogP contribution in [0.1, 0.15) is 35.1 Å². The van der Waals surface area contributed by atoms with Crippen molar-refractivity contribution in [2.45, 2.75) is 25.0 Å². The maximum Gasteiger partial charge on any atom is 0.374 e. The number of carbonyl (C=O) groups is 1. The van der Waals surface area contributed by atoms with Crippen molar-refractivity contribution in [1.29, 1.82) is 0 Å². The zero-order valence-electron chi connectivity index (χ0n) is 16.6. The van der Waals surface area contributed by atoms with E-state index < -0.39 is 5.97 Å². The number of halogens is 1. The van der Waals surface area contributed by atoms with E-state index in [4.69, 9.17) is 9.15 Å². The van der Waals surface area contributed by atoms with Crippen molar-refractivity contribution in [2.24, 2.45) is 11.8 Å². The van der Waals surface area contributed by atoms with Crippen molar-refractivity contribution in [2.75, 3.05) is 13.1 Å². The maximum atomic E-state index is 12.8. The lowest BCUT2D eigenvalue weighted by molar-refractivity contribution is -0.0578. The van der Waals surface area contributed by atoms with E-state index in [0.29, 0.717) is 11.8 Å². The number of pyridine rings is 1. The minimum Gasteiger partial charge on any atom is -0.457 e. The van der Waals surface area contributed by atoms with Crippen LogP contribution < -0.4 is 0 Å². The molecule has 5 atom stereocenters. The first-order chi connectivity index (χ1) is 14.2. The molecule has 0 radical (unpaired) electrons. The summed E-state index contributed by atoms with van der Waals surface area (Å²) in [5.41, 5.74) is 1.91. The number of furan rings is 1. The van der Waals surface area contributed by atoms with E-state index in [1.54, 1.807) is 18.3 Å². The van der Waals surface area contributed by atoms with Crippen LogP contribution in [-0.4, -0.2) is 35.0 Å². The highest BCUT2D eigenvalue weighted by Gasteiger charge is 2.44. The van der Waals surface area contributed by atoms with Crippen molar-refractivity contribution >= 4 is 29.3 Å². The van der Waals surface area contributed by atoms with Gasteiger partial charge in [0, 0.05) is 23.7 Å². The van der Waals surface area contributed by atoms with Gasteiger partial charge in [0.25, 0.3) is 0 Å². The average molecular weight is 425 g/mol. The molecule has 156 valence electrons. The van der Waals surface area contributed by atoms with E-state index in [9.17, 15) is 4.79 Å². The summed E-state index contributed by atoms with van der Waals surface area (Å²) in [7, 11) is 0. The first-order valence-electron chi connectivity index (χ1n) is 10.2. The van der Waals surface area contributed by atoms with Gasteiger partial charge in [0.1, 0.15) is 6.10 Å². The molecule has 1 aromatic carbocycles. The fraction of sp³-hybridized carbons (Fsp3) is 0.333. The number of rotatable bonds is 5. The number of hydrogen-bond acceptors (Lipinski definition) is 5. The van der Waals surface area contributed by atoms with E-state index in [-0.39, 0.29) is 30.3 Å². The first-order valence-corrected chi connectivity index (χ1v) is 10.2. The van der Waals surface area contributed by atoms with Gasteiger partial charge in [0.2, 0.25) is 5.76 Å². The Bertz CT molecular complexity index is 1030. The summed E-state index contributed by atoms with van der Waals surface area (Å²) >= 11 is 0. The Morgan fingerprint density at radius 1 is 1.27 bits per heavy atom. The molecule has 2 aromatic heterocycles. The molecule has 6 rings (SSSR count). The number of piperidine rings is 3. The molecule has 0 amide bonds. The fourth-order valence-electron chi connectivity index (χ4n) is 4.98. The van der Waals surface area contributed by atoms with E-state index >= 15 is 0 Å². The number of ether oxygens (including phenoxy) is 1. The molecular formula is C24H25ClN2O3. The zero-order valence-corrected chi connectivity index (χ0v) is 17.5. The number of benzene rings is 1. The Morgan fingerprint density at radius 2 is 2.13 bits per heavy atom. The quantitative estimate of drug-likeness (QED) is 0.424. The summed E-state index contributed by atoms with van der Waals surface area (Å²) in [5, 5.41) is 1.02. The second kappa shape index (κ2) is 8.62. The summed E-state index contributed by atoms with van der Waals surface area (Å²) in [6, 6.07) is 13.5. The normalized spacial score (nSPS) is 26.0. The van der Waals surface area contributed by atoms with Gasteiger partial charge in [-0.15, -0.1) is 19.0 Å². The Labute approximate surface area is 182 Å². The van der Waals surface area contributed by atoms with Gasteiger partial charge in [-0.1, -0.05) is 24.3 Å². The highest BCUT2D eigenvalue weighted by molar-refractivity contribution is 5.87. The molecule has 30 heavy (non-hydrogen) atoms. The molecule has 2 bridgehead atoms. The Hall–Kier alpha value is -2.63. The SMILES string of the molecule is C=CC1CN2CCC1CC2C(OC(=O)c1ccco1)c1ccnc2ccccc12.Cl. The van der Waals surface area contributed by atoms with Gasteiger partial charge in [-0.05, 0) is 55.5 Å². The number of carbonyl (C=O) groups excluding carboxylic acids is 1. The molecule has 6 heteroatoms. The minimum absolute atomic E-state index is 0. The zero-order chi connectivity index (χ0) is 19.8. The second-order valence-electron chi connectivity index (χ2n) is 7.97. The van der Waals surface area contributed by atoms with Crippen molar-refractivity contribution in [3.05, 3.63) is 78.9 Å². The third kappa shape index (κ3) is 3.64. The molecule has 0 aliphatic carbocycles. The summed E-state index contributed by atoms with van der Waals surface area (Å²) in [4.78, 5) is 19.8. The summed E-state index contributed by atoms with van der Waals surface area (Å²) in [6.07, 6.45) is 7.16. The first kappa shape index (κ1) is 20.6. The molecule has 3 aliphatic heterocycles. The van der Waals surface area contributed by atoms with Crippen LogP contribution in [0.5, 0.6) is 0 Å². The Morgan fingerprint density at radius 3 is 2.87 bits per heavy atom. The lowest BCUT2D eigenvalue weighted by Gasteiger charge is -2.51. The van der Waals surface area contributed by atoms with Crippen LogP contribution in [-0.2, 0) is 4.74 Å². The number of nitrogens with zero attached hydrogens (tertiary/aromatic N) is 2. The van der Waals surface area contributed by atoms with Crippen LogP contribution in [0, 0.1) is 11.8 Å². The maximum absolute atomic E-state index is 12.8. The van der Waals surface area contributed by atoms with Crippen molar-refractivity contribution in [3.8, 4) is 0 Å². The van der Waals surface area contributed by atoms with Crippen LogP contribution in [0.4, 0.5) is 0 Å². The molecule has 3 aromatic rings. The van der Waals surface area contributed by atoms with E-state index in [0.717, 1.165) is 36.0 Å². The predicted octanol–water partition coefficient (Wildman–Crippen LogP) is 5.04. The number of fused-ring (bicyclic) bond motifs is 4. The smallest absolute Gasteiger partial charge is 0.374 e. The summed E-state index contributed by atoms with van der Waals surface area (Å²) in [6.45, 7) is 6.02. The molecule has 5 nitrogen and oxygen atoms in total. The molecular weight excluding hydrogens is 400 g/mol. The van der Waals surface area contributed by atoms with Gasteiger partial charge in [0.05, 0.1) is 17.8 Å². The van der Waals surface area contributed by atoms with Crippen molar-refractivity contribution in [1.82, 2.24) is 9.88 Å². The standard InChI is InChI=1S/C24H24N2O3.ClH/c1-2-16-15-26-12-10-17(16)14-21(26)23(29-24(27)22-8-5-13-28-22)19-9-11-25-20-7-4-3-6-18(19)20;/h2-9,11,13,16-17,21,23H,1,10,12,14-15H2;1H. The third-order valence-electron chi connectivity index (χ3n) is 6.45. The molecule has 3 saturated heterocycles. The van der Waals surface area contributed by atoms with Crippen LogP contribution in [0.25, 0.3) is 10.9 Å². The lowest BCUT2D eigenvalue weighted by Crippen LogP contribution is -2.55. The van der Waals surface area contributed by atoms with Gasteiger partial charge >= 0.3 is 5.97 Å². The Kier molecular flexibility index (Phi) is 5.93. The Balaban J connectivity index is 0.00000218. The number of aromatic nitrogens is 1. The molecule has 3 aliphatic rings. The highest BCUT2D eigenvalue weighted by Crippen LogP contribution is 2.43. The van der Waals surface area contributed by atoms with Crippen molar-refractivity contribution < 1.29 is 13.9 Å². The largest absolute Gasteiger partial charge is 0.457 e. The number of hydrogen-bond donors (Lipinski definition) is 0. The summed E-state index contributed by atoms with van der Waals surface area (Å²) in [5.74, 6) is 0.896. The lowest BCUT2D eigenvalue weighted by atomic mass is 9.73. The van der Waals surface area contributed by atoms with E-state index in [1.807, 2.05) is 30.3 Å². The average Bonchev–Trinajstić information content (AvgIpc) is 3.32.